The zero-order chi connectivity index (χ0) is 21.8. The van der Waals surface area contributed by atoms with Crippen molar-refractivity contribution in [3.8, 4) is 6.07 Å². The Morgan fingerprint density at radius 2 is 2.00 bits per heavy atom. The number of hydrogen-bond donors (Lipinski definition) is 1. The smallest absolute Gasteiger partial charge is 0.262 e. The lowest BCUT2D eigenvalue weighted by molar-refractivity contribution is -0.118. The lowest BCUT2D eigenvalue weighted by Gasteiger charge is -2.29. The molecule has 1 heterocycles. The number of fused-ring (bicyclic) bond motifs is 1. The predicted molar refractivity (Wildman–Crippen MR) is 125 cm³/mol. The molecular formula is C27H29N3O. The third-order valence-electron chi connectivity index (χ3n) is 6.35. The van der Waals surface area contributed by atoms with E-state index < -0.39 is 0 Å². The molecule has 4 nitrogen and oxygen atoms in total. The van der Waals surface area contributed by atoms with E-state index >= 15 is 0 Å². The number of carbonyl (C=O) groups excluding carboxylic acids is 1. The second-order valence-electron chi connectivity index (χ2n) is 8.73. The fourth-order valence-corrected chi connectivity index (χ4v) is 4.61. The van der Waals surface area contributed by atoms with Gasteiger partial charge in [-0.25, -0.2) is 0 Å². The Bertz CT molecular complexity index is 1160. The summed E-state index contributed by atoms with van der Waals surface area (Å²) in [5, 5.41) is 13.9. The largest absolute Gasteiger partial charge is 0.348 e. The van der Waals surface area contributed by atoms with Gasteiger partial charge in [-0.1, -0.05) is 67.8 Å². The minimum atomic E-state index is -0.267. The van der Waals surface area contributed by atoms with E-state index in [0.29, 0.717) is 5.92 Å². The van der Waals surface area contributed by atoms with Gasteiger partial charge in [0.25, 0.3) is 5.91 Å². The van der Waals surface area contributed by atoms with Gasteiger partial charge >= 0.3 is 0 Å². The molecule has 1 N–H and O–H groups in total. The zero-order valence-corrected chi connectivity index (χ0v) is 18.3. The van der Waals surface area contributed by atoms with Crippen LogP contribution in [0, 0.1) is 24.2 Å². The van der Waals surface area contributed by atoms with Gasteiger partial charge in [0, 0.05) is 35.2 Å². The summed E-state index contributed by atoms with van der Waals surface area (Å²) in [6.07, 6.45) is 8.24. The van der Waals surface area contributed by atoms with Crippen molar-refractivity contribution in [2.75, 3.05) is 0 Å². The molecule has 2 aromatic carbocycles. The minimum absolute atomic E-state index is 0.153. The number of nitriles is 1. The molecule has 0 radical (unpaired) electrons. The fourth-order valence-electron chi connectivity index (χ4n) is 4.61. The fraction of sp³-hybridized carbons (Fsp3) is 0.333. The molecule has 0 aliphatic heterocycles. The first-order chi connectivity index (χ1) is 15.0. The first-order valence-corrected chi connectivity index (χ1v) is 11.1. The number of hydrogen-bond acceptors (Lipinski definition) is 2. The third-order valence-corrected chi connectivity index (χ3v) is 6.35. The number of benzene rings is 2. The summed E-state index contributed by atoms with van der Waals surface area (Å²) in [5.74, 6) is 0.186. The molecule has 1 aliphatic carbocycles. The van der Waals surface area contributed by atoms with Gasteiger partial charge in [-0.05, 0) is 43.4 Å². The molecule has 1 amide bonds. The summed E-state index contributed by atoms with van der Waals surface area (Å²) in [5.41, 5.74) is 4.60. The molecular weight excluding hydrogens is 382 g/mol. The van der Waals surface area contributed by atoms with Crippen molar-refractivity contribution in [2.45, 2.75) is 52.1 Å². The molecule has 0 bridgehead atoms. The maximum Gasteiger partial charge on any atom is 0.262 e. The van der Waals surface area contributed by atoms with Crippen LogP contribution in [0.3, 0.4) is 0 Å². The minimum Gasteiger partial charge on any atom is -0.348 e. The van der Waals surface area contributed by atoms with Crippen LogP contribution >= 0.6 is 0 Å². The van der Waals surface area contributed by atoms with Gasteiger partial charge in [0.05, 0.1) is 0 Å². The summed E-state index contributed by atoms with van der Waals surface area (Å²) in [4.78, 5) is 12.9. The van der Waals surface area contributed by atoms with Crippen molar-refractivity contribution in [1.82, 2.24) is 9.88 Å². The van der Waals surface area contributed by atoms with E-state index in [4.69, 9.17) is 0 Å². The number of para-hydroxylation sites is 1. The van der Waals surface area contributed by atoms with Crippen molar-refractivity contribution in [2.24, 2.45) is 5.92 Å². The number of nitrogens with one attached hydrogen (secondary N) is 1. The van der Waals surface area contributed by atoms with Crippen LogP contribution in [0.15, 0.2) is 60.3 Å². The molecule has 31 heavy (non-hydrogen) atoms. The van der Waals surface area contributed by atoms with Crippen LogP contribution in [0.1, 0.15) is 49.3 Å². The number of aromatic nitrogens is 1. The number of carbonyl (C=O) groups is 1. The maximum absolute atomic E-state index is 12.9. The summed E-state index contributed by atoms with van der Waals surface area (Å²) < 4.78 is 2.19. The van der Waals surface area contributed by atoms with Crippen LogP contribution in [0.2, 0.25) is 0 Å². The SMILES string of the molecule is Cc1cccc(Cn2cc(/C=C(\C#N)C(=O)N[C@@H]3CCCC[C@@H]3C)c3ccccc32)c1. The van der Waals surface area contributed by atoms with E-state index in [2.05, 4.69) is 60.1 Å². The average Bonchev–Trinajstić information content (AvgIpc) is 3.11. The van der Waals surface area contributed by atoms with Crippen LogP contribution in [-0.4, -0.2) is 16.5 Å². The standard InChI is InChI=1S/C27H29N3O/c1-19-8-7-10-21(14-19)17-30-18-23(24-11-4-6-13-26(24)30)15-22(16-28)27(31)29-25-12-5-3-9-20(25)2/h4,6-8,10-11,13-15,18,20,25H,3,5,9,12,17H2,1-2H3,(H,29,31)/b22-15+/t20-,25+/m0/s1. The van der Waals surface area contributed by atoms with Gasteiger partial charge in [0.15, 0.2) is 0 Å². The predicted octanol–water partition coefficient (Wildman–Crippen LogP) is 5.60. The van der Waals surface area contributed by atoms with E-state index in [0.717, 1.165) is 42.3 Å². The second kappa shape index (κ2) is 9.22. The lowest BCUT2D eigenvalue weighted by atomic mass is 9.86. The van der Waals surface area contributed by atoms with E-state index in [1.165, 1.54) is 17.5 Å². The molecule has 158 valence electrons. The molecule has 3 aromatic rings. The number of rotatable bonds is 5. The first kappa shape index (κ1) is 20.9. The van der Waals surface area contributed by atoms with Gasteiger partial charge in [0.2, 0.25) is 0 Å². The zero-order valence-electron chi connectivity index (χ0n) is 18.3. The summed E-state index contributed by atoms with van der Waals surface area (Å²) in [7, 11) is 0. The Kier molecular flexibility index (Phi) is 6.23. The molecule has 4 heteroatoms. The molecule has 1 fully saturated rings. The summed E-state index contributed by atoms with van der Waals surface area (Å²) >= 11 is 0. The quantitative estimate of drug-likeness (QED) is 0.439. The van der Waals surface area contributed by atoms with E-state index in [1.807, 2.05) is 24.4 Å². The Hall–Kier alpha value is -3.32. The van der Waals surface area contributed by atoms with Crippen LogP contribution in [0.5, 0.6) is 0 Å². The van der Waals surface area contributed by atoms with Crippen molar-refractivity contribution in [3.05, 3.63) is 77.0 Å². The molecule has 0 unspecified atom stereocenters. The van der Waals surface area contributed by atoms with E-state index in [1.54, 1.807) is 6.08 Å². The Labute approximate surface area is 184 Å². The maximum atomic E-state index is 12.9. The highest BCUT2D eigenvalue weighted by molar-refractivity contribution is 6.04. The van der Waals surface area contributed by atoms with Crippen molar-refractivity contribution in [1.29, 1.82) is 5.26 Å². The van der Waals surface area contributed by atoms with E-state index in [-0.39, 0.29) is 17.5 Å². The lowest BCUT2D eigenvalue weighted by Crippen LogP contribution is -2.41. The Morgan fingerprint density at radius 3 is 2.77 bits per heavy atom. The molecule has 4 rings (SSSR count). The summed E-state index contributed by atoms with van der Waals surface area (Å²) in [6.45, 7) is 5.01. The summed E-state index contributed by atoms with van der Waals surface area (Å²) in [6, 6.07) is 18.9. The first-order valence-electron chi connectivity index (χ1n) is 11.1. The molecule has 1 aliphatic rings. The highest BCUT2D eigenvalue weighted by Gasteiger charge is 2.24. The van der Waals surface area contributed by atoms with Gasteiger partial charge in [0.1, 0.15) is 11.6 Å². The molecule has 1 aromatic heterocycles. The van der Waals surface area contributed by atoms with Crippen LogP contribution in [0.4, 0.5) is 0 Å². The van der Waals surface area contributed by atoms with Crippen LogP contribution < -0.4 is 5.32 Å². The van der Waals surface area contributed by atoms with Crippen molar-refractivity contribution >= 4 is 22.9 Å². The molecule has 0 spiro atoms. The number of aryl methyl sites for hydroxylation is 1. The normalized spacial score (nSPS) is 19.2. The topological polar surface area (TPSA) is 57.8 Å². The Balaban J connectivity index is 1.64. The highest BCUT2D eigenvalue weighted by atomic mass is 16.1. The van der Waals surface area contributed by atoms with Gasteiger partial charge in [-0.15, -0.1) is 0 Å². The number of nitrogens with zero attached hydrogens (tertiary/aromatic N) is 2. The Morgan fingerprint density at radius 1 is 1.19 bits per heavy atom. The molecule has 1 saturated carbocycles. The average molecular weight is 412 g/mol. The second-order valence-corrected chi connectivity index (χ2v) is 8.73. The van der Waals surface area contributed by atoms with Crippen molar-refractivity contribution in [3.63, 3.8) is 0 Å². The van der Waals surface area contributed by atoms with Gasteiger partial charge < -0.3 is 9.88 Å². The number of amides is 1. The molecule has 0 saturated heterocycles. The highest BCUT2D eigenvalue weighted by Crippen LogP contribution is 2.26. The van der Waals surface area contributed by atoms with Gasteiger partial charge in [-0.3, -0.25) is 4.79 Å². The van der Waals surface area contributed by atoms with Crippen molar-refractivity contribution < 1.29 is 4.79 Å². The molecule has 2 atom stereocenters. The van der Waals surface area contributed by atoms with Crippen LogP contribution in [-0.2, 0) is 11.3 Å². The van der Waals surface area contributed by atoms with Crippen LogP contribution in [0.25, 0.3) is 17.0 Å². The third kappa shape index (κ3) is 4.72. The monoisotopic (exact) mass is 411 g/mol. The van der Waals surface area contributed by atoms with Gasteiger partial charge in [-0.2, -0.15) is 5.26 Å². The van der Waals surface area contributed by atoms with E-state index in [9.17, 15) is 10.1 Å².